The Hall–Kier alpha value is -3.52. The Labute approximate surface area is 191 Å². The molecule has 32 heavy (non-hydrogen) atoms. The van der Waals surface area contributed by atoms with E-state index in [-0.39, 0.29) is 5.56 Å². The van der Waals surface area contributed by atoms with E-state index >= 15 is 0 Å². The van der Waals surface area contributed by atoms with Crippen molar-refractivity contribution < 1.29 is 23.8 Å². The molecule has 0 atom stereocenters. The summed E-state index contributed by atoms with van der Waals surface area (Å²) in [5.74, 6) is 0.246. The molecule has 2 aromatic carbocycles. The third kappa shape index (κ3) is 5.20. The summed E-state index contributed by atoms with van der Waals surface area (Å²) in [4.78, 5) is 25.9. The van der Waals surface area contributed by atoms with Crippen LogP contribution in [0.5, 0.6) is 17.2 Å². The molecule has 0 unspecified atom stereocenters. The summed E-state index contributed by atoms with van der Waals surface area (Å²) in [5.41, 5.74) is 7.05. The number of ether oxygens (including phenoxy) is 3. The summed E-state index contributed by atoms with van der Waals surface area (Å²) in [6.45, 7) is 6.77. The van der Waals surface area contributed by atoms with E-state index in [1.165, 1.54) is 11.3 Å². The normalized spacial score (nSPS) is 10.5. The molecule has 3 rings (SSSR count). The highest BCUT2D eigenvalue weighted by atomic mass is 32.1. The number of hydrogen-bond donors (Lipinski definition) is 2. The maximum atomic E-state index is 13.1. The summed E-state index contributed by atoms with van der Waals surface area (Å²) in [7, 11) is 0. The van der Waals surface area contributed by atoms with Gasteiger partial charge in [-0.2, -0.15) is 0 Å². The number of carbonyl (C=O) groups excluding carboxylic acids is 2. The van der Waals surface area contributed by atoms with Crippen molar-refractivity contribution in [2.45, 2.75) is 20.8 Å². The Morgan fingerprint density at radius 3 is 2.03 bits per heavy atom. The van der Waals surface area contributed by atoms with Crippen LogP contribution in [0.1, 0.15) is 41.5 Å². The standard InChI is InChI=1S/C24H26N2O5S/c1-4-29-18-12-16(13-19(30-5-2)21(18)31-6-3)23(28)26-24-17(22(25)27)14-20(32-24)15-10-8-7-9-11-15/h7-14H,4-6H2,1-3H3,(H2,25,27)(H,26,28). The van der Waals surface area contributed by atoms with Crippen LogP contribution in [0.25, 0.3) is 10.4 Å². The van der Waals surface area contributed by atoms with Crippen molar-refractivity contribution in [2.75, 3.05) is 25.1 Å². The summed E-state index contributed by atoms with van der Waals surface area (Å²) in [5, 5.41) is 3.20. The van der Waals surface area contributed by atoms with Gasteiger partial charge in [0.05, 0.1) is 25.4 Å². The molecule has 1 heterocycles. The van der Waals surface area contributed by atoms with Crippen LogP contribution in [0.4, 0.5) is 5.00 Å². The highest BCUT2D eigenvalue weighted by molar-refractivity contribution is 7.20. The van der Waals surface area contributed by atoms with Crippen LogP contribution >= 0.6 is 11.3 Å². The first-order valence-corrected chi connectivity index (χ1v) is 11.2. The molecule has 0 fully saturated rings. The molecule has 3 aromatic rings. The number of anilines is 1. The van der Waals surface area contributed by atoms with Gasteiger partial charge in [0.25, 0.3) is 11.8 Å². The van der Waals surface area contributed by atoms with Crippen LogP contribution in [0.3, 0.4) is 0 Å². The number of rotatable bonds is 10. The van der Waals surface area contributed by atoms with Crippen molar-refractivity contribution in [3.8, 4) is 27.7 Å². The van der Waals surface area contributed by atoms with Gasteiger partial charge in [-0.05, 0) is 44.5 Å². The average molecular weight is 455 g/mol. The van der Waals surface area contributed by atoms with Gasteiger partial charge in [-0.15, -0.1) is 11.3 Å². The minimum absolute atomic E-state index is 0.253. The van der Waals surface area contributed by atoms with Gasteiger partial charge in [-0.1, -0.05) is 30.3 Å². The quantitative estimate of drug-likeness (QED) is 0.451. The zero-order chi connectivity index (χ0) is 23.1. The molecular weight excluding hydrogens is 428 g/mol. The molecule has 1 aromatic heterocycles. The molecule has 3 N–H and O–H groups in total. The van der Waals surface area contributed by atoms with Gasteiger partial charge in [0.2, 0.25) is 5.75 Å². The molecule has 7 nitrogen and oxygen atoms in total. The summed E-state index contributed by atoms with van der Waals surface area (Å²) in [6, 6.07) is 14.5. The maximum absolute atomic E-state index is 13.1. The molecule has 0 aliphatic heterocycles. The number of nitrogens with one attached hydrogen (secondary N) is 1. The number of nitrogens with two attached hydrogens (primary N) is 1. The van der Waals surface area contributed by atoms with Crippen LogP contribution in [-0.2, 0) is 0 Å². The number of amides is 2. The third-order valence-electron chi connectivity index (χ3n) is 4.45. The van der Waals surface area contributed by atoms with E-state index < -0.39 is 11.8 Å². The molecule has 0 radical (unpaired) electrons. The Kier molecular flexibility index (Phi) is 7.72. The largest absolute Gasteiger partial charge is 0.490 e. The van der Waals surface area contributed by atoms with Crippen LogP contribution in [-0.4, -0.2) is 31.6 Å². The maximum Gasteiger partial charge on any atom is 0.256 e. The first-order valence-electron chi connectivity index (χ1n) is 10.3. The van der Waals surface area contributed by atoms with E-state index in [2.05, 4.69) is 5.32 Å². The topological polar surface area (TPSA) is 99.9 Å². The van der Waals surface area contributed by atoms with Gasteiger partial charge in [0.1, 0.15) is 5.00 Å². The van der Waals surface area contributed by atoms with Crippen molar-refractivity contribution in [3.63, 3.8) is 0 Å². The summed E-state index contributed by atoms with van der Waals surface area (Å²) < 4.78 is 17.1. The molecule has 0 spiro atoms. The molecule has 0 saturated heterocycles. The Balaban J connectivity index is 1.97. The third-order valence-corrected chi connectivity index (χ3v) is 5.55. The second kappa shape index (κ2) is 10.7. The molecule has 0 saturated carbocycles. The molecule has 2 amide bonds. The van der Waals surface area contributed by atoms with Crippen molar-refractivity contribution in [1.29, 1.82) is 0 Å². The predicted octanol–water partition coefficient (Wildman–Crippen LogP) is 4.96. The predicted molar refractivity (Wildman–Crippen MR) is 126 cm³/mol. The monoisotopic (exact) mass is 454 g/mol. The second-order valence-electron chi connectivity index (χ2n) is 6.64. The molecule has 0 aliphatic rings. The van der Waals surface area contributed by atoms with E-state index in [1.54, 1.807) is 18.2 Å². The SMILES string of the molecule is CCOc1cc(C(=O)Nc2sc(-c3ccccc3)cc2C(N)=O)cc(OCC)c1OCC. The van der Waals surface area contributed by atoms with Crippen molar-refractivity contribution in [2.24, 2.45) is 5.73 Å². The lowest BCUT2D eigenvalue weighted by Crippen LogP contribution is -2.17. The van der Waals surface area contributed by atoms with Gasteiger partial charge in [0.15, 0.2) is 11.5 Å². The smallest absolute Gasteiger partial charge is 0.256 e. The van der Waals surface area contributed by atoms with E-state index in [1.807, 2.05) is 51.1 Å². The minimum atomic E-state index is -0.615. The number of primary amides is 1. The van der Waals surface area contributed by atoms with Crippen molar-refractivity contribution in [3.05, 3.63) is 59.7 Å². The van der Waals surface area contributed by atoms with Gasteiger partial charge >= 0.3 is 0 Å². The van der Waals surface area contributed by atoms with Crippen LogP contribution in [0, 0.1) is 0 Å². The Bertz CT molecular complexity index is 1070. The molecule has 0 bridgehead atoms. The highest BCUT2D eigenvalue weighted by Crippen LogP contribution is 2.40. The average Bonchev–Trinajstić information content (AvgIpc) is 3.21. The van der Waals surface area contributed by atoms with Gasteiger partial charge in [0, 0.05) is 10.4 Å². The lowest BCUT2D eigenvalue weighted by molar-refractivity contribution is 0.100. The molecule has 168 valence electrons. The zero-order valence-corrected chi connectivity index (χ0v) is 19.1. The van der Waals surface area contributed by atoms with E-state index in [0.717, 1.165) is 10.4 Å². The lowest BCUT2D eigenvalue weighted by Gasteiger charge is -2.17. The molecule has 8 heteroatoms. The molecule has 0 aliphatic carbocycles. The minimum Gasteiger partial charge on any atom is -0.490 e. The zero-order valence-electron chi connectivity index (χ0n) is 18.3. The second-order valence-corrected chi connectivity index (χ2v) is 7.69. The van der Waals surface area contributed by atoms with Crippen molar-refractivity contribution >= 4 is 28.2 Å². The number of benzene rings is 2. The first-order chi connectivity index (χ1) is 15.5. The highest BCUT2D eigenvalue weighted by Gasteiger charge is 2.21. The fourth-order valence-electron chi connectivity index (χ4n) is 3.11. The summed E-state index contributed by atoms with van der Waals surface area (Å²) >= 11 is 1.28. The summed E-state index contributed by atoms with van der Waals surface area (Å²) in [6.07, 6.45) is 0. The van der Waals surface area contributed by atoms with Crippen LogP contribution in [0.15, 0.2) is 48.5 Å². The Morgan fingerprint density at radius 2 is 1.50 bits per heavy atom. The van der Waals surface area contributed by atoms with Gasteiger partial charge < -0.3 is 25.3 Å². The van der Waals surface area contributed by atoms with Crippen LogP contribution < -0.4 is 25.3 Å². The lowest BCUT2D eigenvalue weighted by atomic mass is 10.1. The Morgan fingerprint density at radius 1 is 0.906 bits per heavy atom. The van der Waals surface area contributed by atoms with Gasteiger partial charge in [-0.25, -0.2) is 0 Å². The van der Waals surface area contributed by atoms with Crippen LogP contribution in [0.2, 0.25) is 0 Å². The first kappa shape index (κ1) is 23.1. The van der Waals surface area contributed by atoms with Gasteiger partial charge in [-0.3, -0.25) is 9.59 Å². The number of thiophene rings is 1. The molecular formula is C24H26N2O5S. The van der Waals surface area contributed by atoms with E-state index in [0.29, 0.717) is 47.6 Å². The van der Waals surface area contributed by atoms with Crippen molar-refractivity contribution in [1.82, 2.24) is 0 Å². The number of hydrogen-bond acceptors (Lipinski definition) is 6. The number of carbonyl (C=O) groups is 2. The van der Waals surface area contributed by atoms with E-state index in [4.69, 9.17) is 19.9 Å². The van der Waals surface area contributed by atoms with E-state index in [9.17, 15) is 9.59 Å². The fraction of sp³-hybridized carbons (Fsp3) is 0.250. The fourth-order valence-corrected chi connectivity index (χ4v) is 4.17.